The molecule has 0 bridgehead atoms. The Morgan fingerprint density at radius 3 is 1.20 bits per heavy atom. The highest BCUT2D eigenvalue weighted by Gasteiger charge is 2.14. The van der Waals surface area contributed by atoms with Crippen molar-refractivity contribution in [3.8, 4) is 11.1 Å². The molecule has 0 aliphatic heterocycles. The van der Waals surface area contributed by atoms with Crippen LogP contribution in [-0.2, 0) is 0 Å². The molecule has 2 heteroatoms. The fourth-order valence-corrected chi connectivity index (χ4v) is 6.41. The van der Waals surface area contributed by atoms with E-state index >= 15 is 0 Å². The molecule has 7 aromatic rings. The Morgan fingerprint density at radius 1 is 0.306 bits per heavy atom. The van der Waals surface area contributed by atoms with Gasteiger partial charge < -0.3 is 9.80 Å². The lowest BCUT2D eigenvalue weighted by Gasteiger charge is -2.26. The lowest BCUT2D eigenvalue weighted by molar-refractivity contribution is 1.25. The van der Waals surface area contributed by atoms with E-state index in [-0.39, 0.29) is 0 Å². The van der Waals surface area contributed by atoms with Crippen LogP contribution in [-0.4, -0.2) is 0 Å². The normalized spacial score (nSPS) is 11.1. The van der Waals surface area contributed by atoms with Crippen LogP contribution in [0.5, 0.6) is 0 Å². The molecule has 0 saturated heterocycles. The fourth-order valence-electron chi connectivity index (χ4n) is 6.41. The third-order valence-corrected chi connectivity index (χ3v) is 8.74. The van der Waals surface area contributed by atoms with Crippen LogP contribution in [0.1, 0.15) is 27.8 Å². The molecular weight excluding hydrogens is 593 g/mol. The standard InChI is InChI=1S/C47H40N2/c1-35-11-10-16-46(32-35)49(47-33-36(2)31-37(3)34-47)45-29-25-41(26-30-45)40-23-19-38(20-24-40)17-18-39-21-27-44(28-22-39)48(42-12-6-4-7-13-42)43-14-8-5-9-15-43/h4-34H,1-3H3. The Kier molecular flexibility index (Phi) is 9.21. The van der Waals surface area contributed by atoms with Crippen LogP contribution in [0.3, 0.4) is 0 Å². The molecule has 7 rings (SSSR count). The largest absolute Gasteiger partial charge is 0.311 e. The first kappa shape index (κ1) is 31.5. The summed E-state index contributed by atoms with van der Waals surface area (Å²) >= 11 is 0. The van der Waals surface area contributed by atoms with Crippen LogP contribution >= 0.6 is 0 Å². The molecule has 0 saturated carbocycles. The van der Waals surface area contributed by atoms with Crippen LogP contribution in [0.15, 0.2) is 176 Å². The highest BCUT2D eigenvalue weighted by molar-refractivity contribution is 5.80. The van der Waals surface area contributed by atoms with Gasteiger partial charge in [0.1, 0.15) is 0 Å². The third kappa shape index (κ3) is 7.40. The van der Waals surface area contributed by atoms with Crippen molar-refractivity contribution in [2.24, 2.45) is 0 Å². The summed E-state index contributed by atoms with van der Waals surface area (Å²) in [6.07, 6.45) is 4.35. The number of hydrogen-bond donors (Lipinski definition) is 0. The summed E-state index contributed by atoms with van der Waals surface area (Å²) in [6.45, 7) is 6.47. The summed E-state index contributed by atoms with van der Waals surface area (Å²) in [5, 5.41) is 0. The molecule has 0 aliphatic carbocycles. The minimum absolute atomic E-state index is 1.13. The van der Waals surface area contributed by atoms with Gasteiger partial charge in [0.05, 0.1) is 0 Å². The molecular formula is C47H40N2. The Morgan fingerprint density at radius 2 is 0.694 bits per heavy atom. The summed E-state index contributed by atoms with van der Waals surface area (Å²) in [5.74, 6) is 0. The van der Waals surface area contributed by atoms with Crippen molar-refractivity contribution >= 4 is 46.3 Å². The van der Waals surface area contributed by atoms with E-state index in [0.29, 0.717) is 0 Å². The number of anilines is 6. The zero-order chi connectivity index (χ0) is 33.6. The lowest BCUT2D eigenvalue weighted by Crippen LogP contribution is -2.10. The number of benzene rings is 7. The molecule has 0 heterocycles. The van der Waals surface area contributed by atoms with E-state index in [1.807, 2.05) is 0 Å². The molecule has 0 atom stereocenters. The van der Waals surface area contributed by atoms with Crippen LogP contribution in [0.2, 0.25) is 0 Å². The van der Waals surface area contributed by atoms with E-state index < -0.39 is 0 Å². The highest BCUT2D eigenvalue weighted by atomic mass is 15.1. The monoisotopic (exact) mass is 632 g/mol. The van der Waals surface area contributed by atoms with Crippen molar-refractivity contribution in [2.75, 3.05) is 9.80 Å². The predicted molar refractivity (Wildman–Crippen MR) is 211 cm³/mol. The van der Waals surface area contributed by atoms with Gasteiger partial charge in [-0.1, -0.05) is 115 Å². The molecule has 0 spiro atoms. The first-order valence-electron chi connectivity index (χ1n) is 16.8. The predicted octanol–water partition coefficient (Wildman–Crippen LogP) is 13.4. The first-order chi connectivity index (χ1) is 24.0. The van der Waals surface area contributed by atoms with Crippen molar-refractivity contribution in [1.82, 2.24) is 0 Å². The van der Waals surface area contributed by atoms with Crippen molar-refractivity contribution < 1.29 is 0 Å². The summed E-state index contributed by atoms with van der Waals surface area (Å²) in [7, 11) is 0. The topological polar surface area (TPSA) is 6.48 Å². The van der Waals surface area contributed by atoms with Crippen LogP contribution < -0.4 is 9.80 Å². The molecule has 7 aromatic carbocycles. The molecule has 0 N–H and O–H groups in total. The molecule has 49 heavy (non-hydrogen) atoms. The van der Waals surface area contributed by atoms with Gasteiger partial charge in [0.25, 0.3) is 0 Å². The number of hydrogen-bond acceptors (Lipinski definition) is 2. The van der Waals surface area contributed by atoms with Gasteiger partial charge in [0, 0.05) is 34.1 Å². The van der Waals surface area contributed by atoms with Gasteiger partial charge in [-0.2, -0.15) is 0 Å². The van der Waals surface area contributed by atoms with E-state index in [2.05, 4.69) is 219 Å². The van der Waals surface area contributed by atoms with Gasteiger partial charge in [-0.25, -0.2) is 0 Å². The molecule has 238 valence electrons. The van der Waals surface area contributed by atoms with Gasteiger partial charge >= 0.3 is 0 Å². The van der Waals surface area contributed by atoms with Gasteiger partial charge in [-0.3, -0.25) is 0 Å². The fraction of sp³-hybridized carbons (Fsp3) is 0.0638. The van der Waals surface area contributed by atoms with Gasteiger partial charge in [0.2, 0.25) is 0 Å². The summed E-state index contributed by atoms with van der Waals surface area (Å²) in [4.78, 5) is 4.63. The summed E-state index contributed by atoms with van der Waals surface area (Å²) in [6, 6.07) is 62.9. The molecule has 0 fully saturated rings. The quantitative estimate of drug-likeness (QED) is 0.146. The van der Waals surface area contributed by atoms with Crippen molar-refractivity contribution in [1.29, 1.82) is 0 Å². The second kappa shape index (κ2) is 14.3. The smallest absolute Gasteiger partial charge is 0.0466 e. The van der Waals surface area contributed by atoms with Crippen LogP contribution in [0.4, 0.5) is 34.1 Å². The molecule has 2 nitrogen and oxygen atoms in total. The Hall–Kier alpha value is -6.12. The lowest BCUT2D eigenvalue weighted by atomic mass is 10.0. The summed E-state index contributed by atoms with van der Waals surface area (Å²) in [5.41, 5.74) is 15.3. The number of rotatable bonds is 9. The third-order valence-electron chi connectivity index (χ3n) is 8.74. The maximum absolute atomic E-state index is 2.35. The number of nitrogens with zero attached hydrogens (tertiary/aromatic N) is 2. The maximum Gasteiger partial charge on any atom is 0.0466 e. The average molecular weight is 633 g/mol. The Labute approximate surface area is 290 Å². The van der Waals surface area contributed by atoms with Crippen molar-refractivity contribution in [2.45, 2.75) is 20.8 Å². The minimum atomic E-state index is 1.13. The molecule has 0 amide bonds. The second-order valence-corrected chi connectivity index (χ2v) is 12.6. The number of aryl methyl sites for hydroxylation is 3. The Bertz CT molecular complexity index is 2100. The average Bonchev–Trinajstić information content (AvgIpc) is 3.13. The van der Waals surface area contributed by atoms with E-state index in [0.717, 1.165) is 34.0 Å². The maximum atomic E-state index is 2.35. The van der Waals surface area contributed by atoms with E-state index in [9.17, 15) is 0 Å². The molecule has 0 aliphatic rings. The highest BCUT2D eigenvalue weighted by Crippen LogP contribution is 2.37. The van der Waals surface area contributed by atoms with Gasteiger partial charge in [-0.05, 0) is 133 Å². The molecule has 0 unspecified atom stereocenters. The van der Waals surface area contributed by atoms with Gasteiger partial charge in [0.15, 0.2) is 0 Å². The zero-order valence-electron chi connectivity index (χ0n) is 28.3. The molecule has 0 aromatic heterocycles. The van der Waals surface area contributed by atoms with Crippen molar-refractivity contribution in [3.05, 3.63) is 204 Å². The Balaban J connectivity index is 1.08. The van der Waals surface area contributed by atoms with Crippen LogP contribution in [0.25, 0.3) is 23.3 Å². The van der Waals surface area contributed by atoms with E-state index in [1.54, 1.807) is 0 Å². The van der Waals surface area contributed by atoms with Crippen LogP contribution in [0, 0.1) is 20.8 Å². The second-order valence-electron chi connectivity index (χ2n) is 12.6. The number of para-hydroxylation sites is 2. The SMILES string of the molecule is Cc1cccc(N(c2ccc(-c3ccc(C=Cc4ccc(N(c5ccccc5)c5ccccc5)cc4)cc3)cc2)c2cc(C)cc(C)c2)c1. The van der Waals surface area contributed by atoms with Gasteiger partial charge in [-0.15, -0.1) is 0 Å². The minimum Gasteiger partial charge on any atom is -0.311 e. The zero-order valence-corrected chi connectivity index (χ0v) is 28.3. The van der Waals surface area contributed by atoms with E-state index in [1.165, 1.54) is 39.1 Å². The van der Waals surface area contributed by atoms with E-state index in [4.69, 9.17) is 0 Å². The van der Waals surface area contributed by atoms with Crippen molar-refractivity contribution in [3.63, 3.8) is 0 Å². The summed E-state index contributed by atoms with van der Waals surface area (Å²) < 4.78 is 0. The molecule has 0 radical (unpaired) electrons. The first-order valence-corrected chi connectivity index (χ1v) is 16.8.